The fourth-order valence-corrected chi connectivity index (χ4v) is 2.87. The molecule has 1 aromatic carbocycles. The molecule has 0 aliphatic rings. The van der Waals surface area contributed by atoms with E-state index in [9.17, 15) is 4.79 Å². The van der Waals surface area contributed by atoms with Crippen molar-refractivity contribution in [2.45, 2.75) is 18.9 Å². The highest BCUT2D eigenvalue weighted by molar-refractivity contribution is 6.30. The van der Waals surface area contributed by atoms with E-state index < -0.39 is 0 Å². The third-order valence-electron chi connectivity index (χ3n) is 4.16. The highest BCUT2D eigenvalue weighted by Crippen LogP contribution is 2.27. The van der Waals surface area contributed by atoms with Gasteiger partial charge in [0.05, 0.1) is 6.54 Å². The summed E-state index contributed by atoms with van der Waals surface area (Å²) < 4.78 is 1.96. The van der Waals surface area contributed by atoms with Gasteiger partial charge in [-0.15, -0.1) is 0 Å². The zero-order valence-electron chi connectivity index (χ0n) is 14.0. The second kappa shape index (κ2) is 7.99. The van der Waals surface area contributed by atoms with E-state index in [0.717, 1.165) is 17.0 Å². The average Bonchev–Trinajstić information content (AvgIpc) is 3.04. The van der Waals surface area contributed by atoms with Crippen LogP contribution in [0.5, 0.6) is 0 Å². The smallest absolute Gasteiger partial charge is 0.242 e. The van der Waals surface area contributed by atoms with Gasteiger partial charge in [-0.3, -0.25) is 9.78 Å². The van der Waals surface area contributed by atoms with Gasteiger partial charge in [-0.2, -0.15) is 0 Å². The molecule has 0 aliphatic carbocycles. The van der Waals surface area contributed by atoms with Crippen molar-refractivity contribution in [3.8, 4) is 0 Å². The minimum absolute atomic E-state index is 0.133. The summed E-state index contributed by atoms with van der Waals surface area (Å²) in [5, 5.41) is 4.89. The van der Waals surface area contributed by atoms with Crippen molar-refractivity contribution < 1.29 is 4.79 Å². The molecule has 1 atom stereocenters. The molecule has 2 aromatic heterocycles. The lowest BCUT2D eigenvalue weighted by molar-refractivity contribution is -0.121. The fourth-order valence-electron chi connectivity index (χ4n) is 2.74. The number of rotatable bonds is 6. The maximum Gasteiger partial charge on any atom is 0.242 e. The molecule has 127 valence electrons. The Bertz CT molecular complexity index is 828. The Hall–Kier alpha value is -2.59. The van der Waals surface area contributed by atoms with E-state index in [4.69, 9.17) is 11.6 Å². The average molecular weight is 353 g/mol. The van der Waals surface area contributed by atoms with Crippen LogP contribution >= 0.6 is 11.6 Å². The minimum Gasteiger partial charge on any atom is -0.353 e. The van der Waals surface area contributed by atoms with Crippen LogP contribution in [0.2, 0.25) is 5.02 Å². The number of hydrogen-bond donors (Lipinski definition) is 0. The molecule has 25 heavy (non-hydrogen) atoms. The Morgan fingerprint density at radius 1 is 1.16 bits per heavy atom. The van der Waals surface area contributed by atoms with Crippen LogP contribution in [0.1, 0.15) is 29.3 Å². The number of carbonyl (C=O) groups is 1. The predicted octanol–water partition coefficient (Wildman–Crippen LogP) is 3.93. The summed E-state index contributed by atoms with van der Waals surface area (Å²) in [5.41, 5.74) is 2.87. The molecular formula is C20H19ClN3O. The highest BCUT2D eigenvalue weighted by atomic mass is 35.5. The Kier molecular flexibility index (Phi) is 5.51. The van der Waals surface area contributed by atoms with Gasteiger partial charge in [0.25, 0.3) is 0 Å². The number of halogens is 1. The number of aromatic nitrogens is 2. The number of amides is 1. The molecule has 0 saturated carbocycles. The molecule has 2 heterocycles. The summed E-state index contributed by atoms with van der Waals surface area (Å²) in [6.45, 7) is 0.387. The molecule has 0 saturated heterocycles. The standard InChI is InChI=1S/C20H19ClN3O/c1-24-12-4-5-17(24)14-23-20(25)13-18(19-6-2-3-11-22-19)15-7-9-16(21)10-8-15/h2-12,18H,13-14H2,1H3. The largest absolute Gasteiger partial charge is 0.353 e. The maximum atomic E-state index is 12.4. The van der Waals surface area contributed by atoms with Crippen molar-refractivity contribution in [1.82, 2.24) is 14.9 Å². The van der Waals surface area contributed by atoms with Gasteiger partial charge in [-0.05, 0) is 42.0 Å². The summed E-state index contributed by atoms with van der Waals surface area (Å²) >= 11 is 5.99. The Morgan fingerprint density at radius 3 is 2.60 bits per heavy atom. The Morgan fingerprint density at radius 2 is 1.96 bits per heavy atom. The molecule has 3 rings (SSSR count). The molecule has 1 amide bonds. The van der Waals surface area contributed by atoms with Crippen molar-refractivity contribution in [3.63, 3.8) is 0 Å². The monoisotopic (exact) mass is 352 g/mol. The summed E-state index contributed by atoms with van der Waals surface area (Å²) in [4.78, 5) is 16.9. The first-order chi connectivity index (χ1) is 12.1. The molecule has 1 radical (unpaired) electrons. The van der Waals surface area contributed by atoms with E-state index in [1.54, 1.807) is 6.20 Å². The van der Waals surface area contributed by atoms with E-state index in [0.29, 0.717) is 11.6 Å². The van der Waals surface area contributed by atoms with Crippen molar-refractivity contribution in [2.24, 2.45) is 7.05 Å². The SMILES string of the molecule is Cn1cccc1C[N]C(=O)CC(c1ccc(Cl)cc1)c1ccccn1. The summed E-state index contributed by atoms with van der Waals surface area (Å²) in [6.07, 6.45) is 3.96. The lowest BCUT2D eigenvalue weighted by Gasteiger charge is -2.16. The Labute approximate surface area is 152 Å². The number of hydrogen-bond acceptors (Lipinski definition) is 2. The van der Waals surface area contributed by atoms with Crippen molar-refractivity contribution in [2.75, 3.05) is 0 Å². The van der Waals surface area contributed by atoms with Gasteiger partial charge >= 0.3 is 0 Å². The quantitative estimate of drug-likeness (QED) is 0.675. The first kappa shape index (κ1) is 17.2. The minimum atomic E-state index is -0.136. The van der Waals surface area contributed by atoms with E-state index in [2.05, 4.69) is 10.3 Å². The Balaban J connectivity index is 1.74. The second-order valence-corrected chi connectivity index (χ2v) is 6.32. The van der Waals surface area contributed by atoms with Crippen molar-refractivity contribution >= 4 is 17.5 Å². The van der Waals surface area contributed by atoms with E-state index in [1.807, 2.05) is 72.4 Å². The van der Waals surface area contributed by atoms with Crippen LogP contribution in [-0.4, -0.2) is 15.5 Å². The maximum absolute atomic E-state index is 12.4. The topological polar surface area (TPSA) is 49.0 Å². The molecule has 0 fully saturated rings. The third-order valence-corrected chi connectivity index (χ3v) is 4.42. The van der Waals surface area contributed by atoms with Crippen LogP contribution < -0.4 is 5.32 Å². The van der Waals surface area contributed by atoms with E-state index in [1.165, 1.54) is 0 Å². The van der Waals surface area contributed by atoms with Crippen LogP contribution in [0, 0.1) is 0 Å². The molecule has 0 bridgehead atoms. The zero-order chi connectivity index (χ0) is 17.6. The summed E-state index contributed by atoms with van der Waals surface area (Å²) in [6, 6.07) is 17.2. The predicted molar refractivity (Wildman–Crippen MR) is 98.4 cm³/mol. The van der Waals surface area contributed by atoms with Gasteiger partial charge in [0.15, 0.2) is 0 Å². The zero-order valence-corrected chi connectivity index (χ0v) is 14.7. The summed E-state index contributed by atoms with van der Waals surface area (Å²) in [7, 11) is 1.94. The molecule has 0 spiro atoms. The van der Waals surface area contributed by atoms with E-state index >= 15 is 0 Å². The fraction of sp³-hybridized carbons (Fsp3) is 0.200. The van der Waals surface area contributed by atoms with Crippen molar-refractivity contribution in [3.05, 3.63) is 89.0 Å². The van der Waals surface area contributed by atoms with Gasteiger partial charge in [0.1, 0.15) is 0 Å². The first-order valence-corrected chi connectivity index (χ1v) is 8.48. The van der Waals surface area contributed by atoms with Gasteiger partial charge in [-0.1, -0.05) is 29.8 Å². The second-order valence-electron chi connectivity index (χ2n) is 5.88. The first-order valence-electron chi connectivity index (χ1n) is 8.10. The van der Waals surface area contributed by atoms with Gasteiger partial charge in [0.2, 0.25) is 5.91 Å². The number of aryl methyl sites for hydroxylation is 1. The molecule has 1 unspecified atom stereocenters. The van der Waals surface area contributed by atoms with Crippen LogP contribution in [-0.2, 0) is 18.4 Å². The van der Waals surface area contributed by atoms with Gasteiger partial charge in [0, 0.05) is 48.2 Å². The molecule has 0 N–H and O–H groups in total. The lowest BCUT2D eigenvalue weighted by Crippen LogP contribution is -2.20. The third kappa shape index (κ3) is 4.48. The summed E-state index contributed by atoms with van der Waals surface area (Å²) in [5.74, 6) is -0.269. The molecule has 0 aliphatic heterocycles. The molecule has 5 heteroatoms. The van der Waals surface area contributed by atoms with Gasteiger partial charge in [-0.25, -0.2) is 5.32 Å². The van der Waals surface area contributed by atoms with E-state index in [-0.39, 0.29) is 18.2 Å². The van der Waals surface area contributed by atoms with Crippen LogP contribution in [0.3, 0.4) is 0 Å². The van der Waals surface area contributed by atoms with Crippen molar-refractivity contribution in [1.29, 1.82) is 0 Å². The normalized spacial score (nSPS) is 11.9. The van der Waals surface area contributed by atoms with Crippen LogP contribution in [0.4, 0.5) is 0 Å². The number of benzene rings is 1. The molecular weight excluding hydrogens is 334 g/mol. The van der Waals surface area contributed by atoms with Gasteiger partial charge < -0.3 is 4.57 Å². The number of carbonyl (C=O) groups excluding carboxylic acids is 1. The van der Waals surface area contributed by atoms with Crippen LogP contribution in [0.25, 0.3) is 0 Å². The number of pyridine rings is 1. The molecule has 4 nitrogen and oxygen atoms in total. The molecule has 3 aromatic rings. The highest BCUT2D eigenvalue weighted by Gasteiger charge is 2.20. The van der Waals surface area contributed by atoms with Crippen LogP contribution in [0.15, 0.2) is 67.0 Å². The number of nitrogens with zero attached hydrogens (tertiary/aromatic N) is 3. The lowest BCUT2D eigenvalue weighted by atomic mass is 9.91.